The van der Waals surface area contributed by atoms with Crippen LogP contribution >= 0.6 is 0 Å². The maximum absolute atomic E-state index is 10.5. The summed E-state index contributed by atoms with van der Waals surface area (Å²) in [4.78, 5) is 14.6. The highest BCUT2D eigenvalue weighted by Gasteiger charge is 2.16. The first-order chi connectivity index (χ1) is 8.15. The molecule has 2 rings (SSSR count). The quantitative estimate of drug-likeness (QED) is 0.689. The van der Waals surface area contributed by atoms with Gasteiger partial charge in [0, 0.05) is 44.1 Å². The van der Waals surface area contributed by atoms with Gasteiger partial charge in [-0.3, -0.25) is 4.90 Å². The average Bonchev–Trinajstić information content (AvgIpc) is 2.29. The second-order valence-electron chi connectivity index (χ2n) is 4.23. The zero-order valence-electron chi connectivity index (χ0n) is 9.63. The number of carboxylic acid groups (broad SMARTS) is 1. The molecule has 1 aromatic rings. The molecule has 0 aliphatic carbocycles. The molecular formula is C12H16N3O2-. The molecule has 0 radical (unpaired) electrons. The van der Waals surface area contributed by atoms with Crippen LogP contribution in [0.1, 0.15) is 0 Å². The lowest BCUT2D eigenvalue weighted by Crippen LogP contribution is -2.50. The van der Waals surface area contributed by atoms with Crippen molar-refractivity contribution in [3.8, 4) is 0 Å². The van der Waals surface area contributed by atoms with E-state index in [0.29, 0.717) is 0 Å². The standard InChI is InChI=1S/C12H17N3O2/c13-10-2-1-3-11(8-10)15-6-4-14(5-7-15)9-12(16)17/h1-3,8H,4-7,9,13H2,(H,16,17)/p-1. The van der Waals surface area contributed by atoms with E-state index in [0.717, 1.165) is 37.6 Å². The van der Waals surface area contributed by atoms with Gasteiger partial charge >= 0.3 is 0 Å². The molecule has 1 saturated heterocycles. The van der Waals surface area contributed by atoms with E-state index < -0.39 is 5.97 Å². The van der Waals surface area contributed by atoms with Gasteiger partial charge in [-0.05, 0) is 18.2 Å². The van der Waals surface area contributed by atoms with E-state index >= 15 is 0 Å². The first-order valence-electron chi connectivity index (χ1n) is 5.68. The molecule has 5 nitrogen and oxygen atoms in total. The van der Waals surface area contributed by atoms with Crippen molar-refractivity contribution >= 4 is 17.3 Å². The molecule has 2 N–H and O–H groups in total. The molecule has 1 aliphatic rings. The molecular weight excluding hydrogens is 218 g/mol. The van der Waals surface area contributed by atoms with E-state index in [9.17, 15) is 9.90 Å². The van der Waals surface area contributed by atoms with Gasteiger partial charge in [0.1, 0.15) is 0 Å². The number of nitrogen functional groups attached to an aromatic ring is 1. The number of carbonyl (C=O) groups excluding carboxylic acids is 1. The molecule has 0 saturated carbocycles. The number of aliphatic carboxylic acids is 1. The van der Waals surface area contributed by atoms with Crippen LogP contribution in [0.15, 0.2) is 24.3 Å². The summed E-state index contributed by atoms with van der Waals surface area (Å²) in [6, 6.07) is 7.74. The number of carbonyl (C=O) groups is 1. The van der Waals surface area contributed by atoms with Crippen LogP contribution in [-0.4, -0.2) is 43.6 Å². The van der Waals surface area contributed by atoms with Crippen molar-refractivity contribution in [2.24, 2.45) is 0 Å². The second-order valence-corrected chi connectivity index (χ2v) is 4.23. The van der Waals surface area contributed by atoms with Crippen molar-refractivity contribution in [2.75, 3.05) is 43.4 Å². The van der Waals surface area contributed by atoms with Crippen molar-refractivity contribution in [3.05, 3.63) is 24.3 Å². The monoisotopic (exact) mass is 234 g/mol. The lowest BCUT2D eigenvalue weighted by molar-refractivity contribution is -0.306. The lowest BCUT2D eigenvalue weighted by Gasteiger charge is -2.36. The average molecular weight is 234 g/mol. The number of anilines is 2. The third-order valence-corrected chi connectivity index (χ3v) is 2.96. The van der Waals surface area contributed by atoms with Gasteiger partial charge in [0.15, 0.2) is 0 Å². The van der Waals surface area contributed by atoms with Gasteiger partial charge < -0.3 is 20.5 Å². The Morgan fingerprint density at radius 1 is 1.29 bits per heavy atom. The number of nitrogens with two attached hydrogens (primary N) is 1. The van der Waals surface area contributed by atoms with Gasteiger partial charge in [-0.15, -0.1) is 0 Å². The van der Waals surface area contributed by atoms with E-state index in [-0.39, 0.29) is 6.54 Å². The third-order valence-electron chi connectivity index (χ3n) is 2.96. The lowest BCUT2D eigenvalue weighted by atomic mass is 10.2. The Balaban J connectivity index is 1.93. The Labute approximate surface area is 100 Å². The predicted molar refractivity (Wildman–Crippen MR) is 64.5 cm³/mol. The summed E-state index contributed by atoms with van der Waals surface area (Å²) in [5.41, 5.74) is 7.58. The summed E-state index contributed by atoms with van der Waals surface area (Å²) < 4.78 is 0. The first-order valence-corrected chi connectivity index (χ1v) is 5.68. The zero-order chi connectivity index (χ0) is 12.3. The highest BCUT2D eigenvalue weighted by atomic mass is 16.4. The van der Waals surface area contributed by atoms with E-state index in [1.165, 1.54) is 0 Å². The van der Waals surface area contributed by atoms with Crippen molar-refractivity contribution < 1.29 is 9.90 Å². The normalized spacial score (nSPS) is 17.1. The maximum atomic E-state index is 10.5. The summed E-state index contributed by atoms with van der Waals surface area (Å²) in [5, 5.41) is 10.5. The molecule has 1 aliphatic heterocycles. The van der Waals surface area contributed by atoms with Gasteiger partial charge in [-0.1, -0.05) is 6.07 Å². The summed E-state index contributed by atoms with van der Waals surface area (Å²) in [7, 11) is 0. The summed E-state index contributed by atoms with van der Waals surface area (Å²) >= 11 is 0. The molecule has 0 spiro atoms. The van der Waals surface area contributed by atoms with E-state index in [2.05, 4.69) is 4.90 Å². The molecule has 1 heterocycles. The molecule has 5 heteroatoms. The number of hydrogen-bond donors (Lipinski definition) is 1. The number of rotatable bonds is 3. The minimum Gasteiger partial charge on any atom is -0.549 e. The summed E-state index contributed by atoms with van der Waals surface area (Å²) in [6.45, 7) is 3.13. The fourth-order valence-corrected chi connectivity index (χ4v) is 2.07. The fraction of sp³-hybridized carbons (Fsp3) is 0.417. The van der Waals surface area contributed by atoms with Crippen LogP contribution in [-0.2, 0) is 4.79 Å². The minimum atomic E-state index is -1.01. The number of nitrogens with zero attached hydrogens (tertiary/aromatic N) is 2. The Morgan fingerprint density at radius 2 is 2.00 bits per heavy atom. The van der Waals surface area contributed by atoms with E-state index in [1.54, 1.807) is 0 Å². The van der Waals surface area contributed by atoms with Gasteiger partial charge in [-0.2, -0.15) is 0 Å². The van der Waals surface area contributed by atoms with Crippen LogP contribution in [0.3, 0.4) is 0 Å². The van der Waals surface area contributed by atoms with E-state index in [1.807, 2.05) is 29.2 Å². The fourth-order valence-electron chi connectivity index (χ4n) is 2.07. The van der Waals surface area contributed by atoms with Crippen LogP contribution in [0, 0.1) is 0 Å². The second kappa shape index (κ2) is 5.05. The summed E-state index contributed by atoms with van der Waals surface area (Å²) in [5.74, 6) is -1.01. The van der Waals surface area contributed by atoms with Gasteiger partial charge in [0.2, 0.25) is 0 Å². The summed E-state index contributed by atoms with van der Waals surface area (Å²) in [6.07, 6.45) is 0. The predicted octanol–water partition coefficient (Wildman–Crippen LogP) is -0.859. The Hall–Kier alpha value is -1.75. The smallest absolute Gasteiger partial charge is 0.0555 e. The molecule has 1 aromatic carbocycles. The topological polar surface area (TPSA) is 72.6 Å². The SMILES string of the molecule is Nc1cccc(N2CCN(CC(=O)[O-])CC2)c1. The van der Waals surface area contributed by atoms with Crippen molar-refractivity contribution in [1.29, 1.82) is 0 Å². The van der Waals surface area contributed by atoms with Gasteiger partial charge in [0.25, 0.3) is 0 Å². The Kier molecular flexibility index (Phi) is 3.49. The molecule has 0 atom stereocenters. The molecule has 0 aromatic heterocycles. The molecule has 92 valence electrons. The molecule has 1 fully saturated rings. The van der Waals surface area contributed by atoms with E-state index in [4.69, 9.17) is 5.73 Å². The minimum absolute atomic E-state index is 0.0186. The van der Waals surface area contributed by atoms with Crippen molar-refractivity contribution in [1.82, 2.24) is 4.90 Å². The largest absolute Gasteiger partial charge is 0.549 e. The number of carboxylic acids is 1. The van der Waals surface area contributed by atoms with Crippen molar-refractivity contribution in [3.63, 3.8) is 0 Å². The zero-order valence-corrected chi connectivity index (χ0v) is 9.63. The van der Waals surface area contributed by atoms with Crippen molar-refractivity contribution in [2.45, 2.75) is 0 Å². The molecule has 0 amide bonds. The highest BCUT2D eigenvalue weighted by molar-refractivity contribution is 5.66. The van der Waals surface area contributed by atoms with Gasteiger partial charge in [0.05, 0.1) is 5.97 Å². The van der Waals surface area contributed by atoms with Crippen LogP contribution in [0.5, 0.6) is 0 Å². The van der Waals surface area contributed by atoms with Crippen LogP contribution < -0.4 is 15.7 Å². The number of hydrogen-bond acceptors (Lipinski definition) is 5. The van der Waals surface area contributed by atoms with Gasteiger partial charge in [-0.25, -0.2) is 0 Å². The maximum Gasteiger partial charge on any atom is 0.0555 e. The third kappa shape index (κ3) is 3.10. The molecule has 17 heavy (non-hydrogen) atoms. The van der Waals surface area contributed by atoms with Crippen LogP contribution in [0.4, 0.5) is 11.4 Å². The van der Waals surface area contributed by atoms with Crippen LogP contribution in [0.25, 0.3) is 0 Å². The van der Waals surface area contributed by atoms with Crippen LogP contribution in [0.2, 0.25) is 0 Å². The number of piperazine rings is 1. The first kappa shape index (κ1) is 11.7. The molecule has 0 unspecified atom stereocenters. The highest BCUT2D eigenvalue weighted by Crippen LogP contribution is 2.18. The molecule has 0 bridgehead atoms. The Morgan fingerprint density at radius 3 is 2.59 bits per heavy atom. The number of benzene rings is 1. The Bertz CT molecular complexity index is 400.